The van der Waals surface area contributed by atoms with Crippen molar-refractivity contribution in [2.75, 3.05) is 5.73 Å². The molecular weight excluding hydrogens is 322 g/mol. The minimum atomic E-state index is 0.440. The molecule has 2 N–H and O–H groups in total. The minimum absolute atomic E-state index is 0.440. The third-order valence-corrected chi connectivity index (χ3v) is 4.52. The van der Waals surface area contributed by atoms with Gasteiger partial charge in [-0.05, 0) is 25.1 Å². The molecule has 0 saturated heterocycles. The maximum Gasteiger partial charge on any atom is 0.178 e. The molecule has 0 aliphatic carbocycles. The number of nitrogens with zero attached hydrogens (tertiary/aromatic N) is 4. The number of hydrogen-bond donors (Lipinski definition) is 1. The summed E-state index contributed by atoms with van der Waals surface area (Å²) in [4.78, 5) is 19.7. The van der Waals surface area contributed by atoms with Crippen molar-refractivity contribution < 1.29 is 4.79 Å². The number of thiazole rings is 1. The van der Waals surface area contributed by atoms with Crippen molar-refractivity contribution in [1.82, 2.24) is 19.6 Å². The molecule has 118 valence electrons. The molecular formula is C17H13N5OS. The number of nitrogen functional groups attached to an aromatic ring is 1. The number of hydrogen-bond acceptors (Lipinski definition) is 6. The van der Waals surface area contributed by atoms with Crippen LogP contribution in [0.4, 0.5) is 5.69 Å². The highest BCUT2D eigenvalue weighted by molar-refractivity contribution is 7.11. The number of carbonyl (C=O) groups excluding carboxylic acids is 1. The largest absolute Gasteiger partial charge is 0.399 e. The quantitative estimate of drug-likeness (QED) is 0.459. The Kier molecular flexibility index (Phi) is 3.35. The first-order valence-electron chi connectivity index (χ1n) is 7.28. The van der Waals surface area contributed by atoms with Gasteiger partial charge in [-0.1, -0.05) is 12.1 Å². The van der Waals surface area contributed by atoms with Crippen molar-refractivity contribution in [3.63, 3.8) is 0 Å². The van der Waals surface area contributed by atoms with Crippen LogP contribution >= 0.6 is 11.3 Å². The van der Waals surface area contributed by atoms with E-state index < -0.39 is 0 Å². The van der Waals surface area contributed by atoms with Gasteiger partial charge in [-0.15, -0.1) is 11.3 Å². The molecule has 7 heteroatoms. The lowest BCUT2D eigenvalue weighted by atomic mass is 10.1. The lowest BCUT2D eigenvalue weighted by Crippen LogP contribution is -1.96. The number of aldehydes is 1. The molecule has 3 heterocycles. The maximum absolute atomic E-state index is 10.9. The Labute approximate surface area is 141 Å². The van der Waals surface area contributed by atoms with Crippen molar-refractivity contribution in [1.29, 1.82) is 0 Å². The zero-order valence-electron chi connectivity index (χ0n) is 12.8. The molecule has 24 heavy (non-hydrogen) atoms. The number of aromatic nitrogens is 4. The van der Waals surface area contributed by atoms with E-state index in [0.29, 0.717) is 22.0 Å². The fourth-order valence-corrected chi connectivity index (χ4v) is 3.33. The second kappa shape index (κ2) is 5.54. The van der Waals surface area contributed by atoms with Crippen LogP contribution in [0.25, 0.3) is 28.2 Å². The lowest BCUT2D eigenvalue weighted by Gasteiger charge is -2.05. The summed E-state index contributed by atoms with van der Waals surface area (Å²) in [6.45, 7) is 1.91. The van der Waals surface area contributed by atoms with E-state index in [1.165, 1.54) is 11.3 Å². The van der Waals surface area contributed by atoms with E-state index in [2.05, 4.69) is 15.1 Å². The molecule has 1 aromatic carbocycles. The van der Waals surface area contributed by atoms with E-state index >= 15 is 0 Å². The van der Waals surface area contributed by atoms with Crippen LogP contribution in [-0.4, -0.2) is 25.9 Å². The zero-order valence-corrected chi connectivity index (χ0v) is 13.6. The first-order chi connectivity index (χ1) is 11.7. The number of aryl methyl sites for hydroxylation is 1. The predicted molar refractivity (Wildman–Crippen MR) is 94.1 cm³/mol. The van der Waals surface area contributed by atoms with Crippen LogP contribution in [0.5, 0.6) is 0 Å². The first kappa shape index (κ1) is 14.5. The van der Waals surface area contributed by atoms with E-state index in [-0.39, 0.29) is 0 Å². The van der Waals surface area contributed by atoms with Gasteiger partial charge in [-0.2, -0.15) is 5.10 Å². The Bertz CT molecular complexity index is 1070. The van der Waals surface area contributed by atoms with Crippen LogP contribution in [0.15, 0.2) is 41.9 Å². The van der Waals surface area contributed by atoms with Crippen molar-refractivity contribution in [3.8, 4) is 22.5 Å². The second-order valence-electron chi connectivity index (χ2n) is 5.34. The molecule has 0 fully saturated rings. The molecule has 0 spiro atoms. The molecule has 0 radical (unpaired) electrons. The van der Waals surface area contributed by atoms with E-state index in [1.807, 2.05) is 42.6 Å². The number of benzene rings is 1. The Hall–Kier alpha value is -3.06. The van der Waals surface area contributed by atoms with Crippen LogP contribution in [0.2, 0.25) is 0 Å². The van der Waals surface area contributed by atoms with Crippen molar-refractivity contribution >= 4 is 29.0 Å². The standard InChI is InChI=1S/C17H13N5OS/c1-10-16(13-9-24-15(8-23)20-13)17-19-6-5-14(22(17)21-10)11-3-2-4-12(18)7-11/h2-9H,18H2,1H3. The molecule has 0 bridgehead atoms. The summed E-state index contributed by atoms with van der Waals surface area (Å²) in [6, 6.07) is 9.53. The van der Waals surface area contributed by atoms with Gasteiger partial charge in [0.1, 0.15) is 0 Å². The van der Waals surface area contributed by atoms with Gasteiger partial charge in [-0.25, -0.2) is 14.5 Å². The Morgan fingerprint density at radius 1 is 1.29 bits per heavy atom. The second-order valence-corrected chi connectivity index (χ2v) is 6.23. The summed E-state index contributed by atoms with van der Waals surface area (Å²) < 4.78 is 1.79. The van der Waals surface area contributed by atoms with E-state index in [9.17, 15) is 4.79 Å². The van der Waals surface area contributed by atoms with Crippen LogP contribution < -0.4 is 5.73 Å². The van der Waals surface area contributed by atoms with Crippen LogP contribution in [0.1, 0.15) is 15.5 Å². The Morgan fingerprint density at radius 3 is 2.92 bits per heavy atom. The number of anilines is 1. The summed E-state index contributed by atoms with van der Waals surface area (Å²) in [5, 5.41) is 6.91. The average Bonchev–Trinajstić information content (AvgIpc) is 3.17. The molecule has 0 aliphatic rings. The van der Waals surface area contributed by atoms with Crippen LogP contribution in [0.3, 0.4) is 0 Å². The number of carbonyl (C=O) groups is 1. The minimum Gasteiger partial charge on any atom is -0.399 e. The molecule has 4 aromatic rings. The normalized spacial score (nSPS) is 11.0. The lowest BCUT2D eigenvalue weighted by molar-refractivity contribution is 0.112. The predicted octanol–water partition coefficient (Wildman–Crippen LogP) is 3.22. The van der Waals surface area contributed by atoms with Gasteiger partial charge in [0.05, 0.1) is 22.6 Å². The van der Waals surface area contributed by atoms with Crippen molar-refractivity contribution in [2.45, 2.75) is 6.92 Å². The summed E-state index contributed by atoms with van der Waals surface area (Å²) in [7, 11) is 0. The van der Waals surface area contributed by atoms with E-state index in [1.54, 1.807) is 10.7 Å². The van der Waals surface area contributed by atoms with Gasteiger partial charge in [0.15, 0.2) is 16.9 Å². The van der Waals surface area contributed by atoms with Gasteiger partial charge in [0.25, 0.3) is 0 Å². The van der Waals surface area contributed by atoms with Gasteiger partial charge >= 0.3 is 0 Å². The fraction of sp³-hybridized carbons (Fsp3) is 0.0588. The Morgan fingerprint density at radius 2 is 2.17 bits per heavy atom. The SMILES string of the molecule is Cc1nn2c(-c3cccc(N)c3)ccnc2c1-c1csc(C=O)n1. The third kappa shape index (κ3) is 2.26. The Balaban J connectivity index is 1.97. The van der Waals surface area contributed by atoms with E-state index in [0.717, 1.165) is 28.8 Å². The van der Waals surface area contributed by atoms with Crippen molar-refractivity contribution in [2.24, 2.45) is 0 Å². The van der Waals surface area contributed by atoms with Crippen LogP contribution in [-0.2, 0) is 0 Å². The monoisotopic (exact) mass is 335 g/mol. The molecule has 4 rings (SSSR count). The van der Waals surface area contributed by atoms with Crippen LogP contribution in [0, 0.1) is 6.92 Å². The highest BCUT2D eigenvalue weighted by atomic mass is 32.1. The van der Waals surface area contributed by atoms with Gasteiger partial charge < -0.3 is 5.73 Å². The summed E-state index contributed by atoms with van der Waals surface area (Å²) in [5.41, 5.74) is 11.5. The van der Waals surface area contributed by atoms with Gasteiger partial charge in [0.2, 0.25) is 0 Å². The third-order valence-electron chi connectivity index (χ3n) is 3.75. The van der Waals surface area contributed by atoms with E-state index in [4.69, 9.17) is 5.73 Å². The maximum atomic E-state index is 10.9. The molecule has 3 aromatic heterocycles. The first-order valence-corrected chi connectivity index (χ1v) is 8.16. The highest BCUT2D eigenvalue weighted by Gasteiger charge is 2.18. The summed E-state index contributed by atoms with van der Waals surface area (Å²) in [5.74, 6) is 0. The molecule has 0 saturated carbocycles. The summed E-state index contributed by atoms with van der Waals surface area (Å²) >= 11 is 1.31. The topological polar surface area (TPSA) is 86.2 Å². The number of nitrogens with two attached hydrogens (primary N) is 1. The zero-order chi connectivity index (χ0) is 16.7. The molecule has 0 amide bonds. The smallest absolute Gasteiger partial charge is 0.178 e. The highest BCUT2D eigenvalue weighted by Crippen LogP contribution is 2.30. The molecule has 6 nitrogen and oxygen atoms in total. The molecule has 0 unspecified atom stereocenters. The van der Waals surface area contributed by atoms with Crippen molar-refractivity contribution in [3.05, 3.63) is 52.6 Å². The average molecular weight is 335 g/mol. The summed E-state index contributed by atoms with van der Waals surface area (Å²) in [6.07, 6.45) is 2.49. The molecule has 0 aliphatic heterocycles. The molecule has 0 atom stereocenters. The van der Waals surface area contributed by atoms with Gasteiger partial charge in [0, 0.05) is 22.8 Å². The fourth-order valence-electron chi connectivity index (χ4n) is 2.72. The number of fused-ring (bicyclic) bond motifs is 1. The number of rotatable bonds is 3. The van der Waals surface area contributed by atoms with Gasteiger partial charge in [-0.3, -0.25) is 4.79 Å².